The Morgan fingerprint density at radius 2 is 1.90 bits per heavy atom. The molecular weight excluding hydrogens is 260 g/mol. The molecule has 2 rings (SSSR count). The van der Waals surface area contributed by atoms with Crippen molar-refractivity contribution in [2.24, 2.45) is 0 Å². The van der Waals surface area contributed by atoms with Crippen LogP contribution in [0.2, 0.25) is 0 Å². The summed E-state index contributed by atoms with van der Waals surface area (Å²) < 4.78 is 5.75. The summed E-state index contributed by atoms with van der Waals surface area (Å²) in [5.41, 5.74) is 2.89. The maximum absolute atomic E-state index is 9.07. The molecular formula is C18H20N2O. The third kappa shape index (κ3) is 4.62. The van der Waals surface area contributed by atoms with Gasteiger partial charge in [-0.25, -0.2) is 0 Å². The van der Waals surface area contributed by atoms with Gasteiger partial charge in [0.05, 0.1) is 12.2 Å². The van der Waals surface area contributed by atoms with Crippen LogP contribution in [-0.4, -0.2) is 13.2 Å². The van der Waals surface area contributed by atoms with Crippen LogP contribution < -0.4 is 10.1 Å². The molecule has 0 aromatic heterocycles. The summed E-state index contributed by atoms with van der Waals surface area (Å²) in [7, 11) is 0. The van der Waals surface area contributed by atoms with Crippen molar-refractivity contribution in [3.63, 3.8) is 0 Å². The third-order valence-electron chi connectivity index (χ3n) is 3.25. The molecule has 0 saturated carbocycles. The van der Waals surface area contributed by atoms with Crippen molar-refractivity contribution < 1.29 is 4.74 Å². The molecule has 0 aliphatic heterocycles. The highest BCUT2D eigenvalue weighted by Crippen LogP contribution is 2.22. The topological polar surface area (TPSA) is 45.0 Å². The molecule has 2 aromatic carbocycles. The quantitative estimate of drug-likeness (QED) is 0.790. The van der Waals surface area contributed by atoms with Gasteiger partial charge in [0.15, 0.2) is 0 Å². The average molecular weight is 280 g/mol. The number of rotatable bonds is 7. The molecule has 0 heterocycles. The van der Waals surface area contributed by atoms with Gasteiger partial charge < -0.3 is 10.1 Å². The van der Waals surface area contributed by atoms with Crippen LogP contribution in [0, 0.1) is 18.3 Å². The molecule has 0 radical (unpaired) electrons. The summed E-state index contributed by atoms with van der Waals surface area (Å²) in [4.78, 5) is 0. The lowest BCUT2D eigenvalue weighted by Crippen LogP contribution is -2.17. The zero-order valence-electron chi connectivity index (χ0n) is 12.3. The minimum Gasteiger partial charge on any atom is -0.492 e. The van der Waals surface area contributed by atoms with Crippen molar-refractivity contribution >= 4 is 0 Å². The van der Waals surface area contributed by atoms with Gasteiger partial charge in [0, 0.05) is 6.54 Å². The van der Waals surface area contributed by atoms with Gasteiger partial charge in [0.2, 0.25) is 0 Å². The van der Waals surface area contributed by atoms with E-state index in [1.54, 1.807) is 6.07 Å². The highest BCUT2D eigenvalue weighted by molar-refractivity contribution is 5.47. The van der Waals surface area contributed by atoms with Crippen LogP contribution in [0.25, 0.3) is 0 Å². The van der Waals surface area contributed by atoms with Crippen molar-refractivity contribution in [1.82, 2.24) is 5.32 Å². The highest BCUT2D eigenvalue weighted by atomic mass is 16.5. The lowest BCUT2D eigenvalue weighted by atomic mass is 10.1. The molecule has 21 heavy (non-hydrogen) atoms. The number of nitrogens with one attached hydrogen (secondary N) is 1. The van der Waals surface area contributed by atoms with Crippen LogP contribution in [0.3, 0.4) is 0 Å². The summed E-state index contributed by atoms with van der Waals surface area (Å²) in [6.45, 7) is 4.34. The van der Waals surface area contributed by atoms with E-state index < -0.39 is 0 Å². The van der Waals surface area contributed by atoms with E-state index >= 15 is 0 Å². The fraction of sp³-hybridized carbons (Fsp3) is 0.278. The van der Waals surface area contributed by atoms with Crippen molar-refractivity contribution in [2.45, 2.75) is 19.9 Å². The van der Waals surface area contributed by atoms with E-state index in [0.717, 1.165) is 25.1 Å². The molecule has 3 nitrogen and oxygen atoms in total. The van der Waals surface area contributed by atoms with Crippen LogP contribution in [0.15, 0.2) is 48.5 Å². The molecule has 0 fully saturated rings. The van der Waals surface area contributed by atoms with E-state index in [2.05, 4.69) is 23.5 Å². The fourth-order valence-corrected chi connectivity index (χ4v) is 2.13. The van der Waals surface area contributed by atoms with Gasteiger partial charge in [-0.05, 0) is 37.1 Å². The molecule has 0 bridgehead atoms. The van der Waals surface area contributed by atoms with E-state index in [9.17, 15) is 0 Å². The smallest absolute Gasteiger partial charge is 0.139 e. The van der Waals surface area contributed by atoms with Crippen molar-refractivity contribution in [1.29, 1.82) is 5.26 Å². The Bertz CT molecular complexity index is 602. The Kier molecular flexibility index (Phi) is 5.81. The molecule has 0 aliphatic rings. The molecule has 2 aromatic rings. The van der Waals surface area contributed by atoms with E-state index in [1.807, 2.05) is 37.3 Å². The maximum atomic E-state index is 9.07. The number of ether oxygens (including phenoxy) is 1. The largest absolute Gasteiger partial charge is 0.492 e. The normalized spacial score (nSPS) is 10.1. The van der Waals surface area contributed by atoms with Crippen molar-refractivity contribution in [2.75, 3.05) is 13.2 Å². The first kappa shape index (κ1) is 15.1. The SMILES string of the molecule is Cc1cccc(C#N)c1OCCCNCc1ccccc1. The zero-order valence-corrected chi connectivity index (χ0v) is 12.3. The van der Waals surface area contributed by atoms with Gasteiger partial charge in [-0.15, -0.1) is 0 Å². The van der Waals surface area contributed by atoms with Crippen LogP contribution in [0.1, 0.15) is 23.1 Å². The highest BCUT2D eigenvalue weighted by Gasteiger charge is 2.05. The Labute approximate surface area is 126 Å². The van der Waals surface area contributed by atoms with Gasteiger partial charge in [0.25, 0.3) is 0 Å². The van der Waals surface area contributed by atoms with E-state index in [1.165, 1.54) is 5.56 Å². The Balaban J connectivity index is 1.70. The van der Waals surface area contributed by atoms with E-state index in [0.29, 0.717) is 17.9 Å². The van der Waals surface area contributed by atoms with Crippen LogP contribution in [0.5, 0.6) is 5.75 Å². The number of hydrogen-bond donors (Lipinski definition) is 1. The second-order valence-electron chi connectivity index (χ2n) is 4.93. The Morgan fingerprint density at radius 3 is 2.67 bits per heavy atom. The second kappa shape index (κ2) is 8.08. The van der Waals surface area contributed by atoms with Crippen LogP contribution in [0.4, 0.5) is 0 Å². The average Bonchev–Trinajstić information content (AvgIpc) is 2.52. The number of nitriles is 1. The Hall–Kier alpha value is -2.31. The molecule has 0 atom stereocenters. The third-order valence-corrected chi connectivity index (χ3v) is 3.25. The lowest BCUT2D eigenvalue weighted by molar-refractivity contribution is 0.305. The minimum atomic E-state index is 0.604. The monoisotopic (exact) mass is 280 g/mol. The lowest BCUT2D eigenvalue weighted by Gasteiger charge is -2.11. The predicted octanol–water partition coefficient (Wildman–Crippen LogP) is 3.43. The molecule has 0 aliphatic carbocycles. The molecule has 0 spiro atoms. The van der Waals surface area contributed by atoms with Crippen LogP contribution in [-0.2, 0) is 6.54 Å². The molecule has 0 amide bonds. The van der Waals surface area contributed by atoms with Gasteiger partial charge in [-0.2, -0.15) is 5.26 Å². The first-order valence-corrected chi connectivity index (χ1v) is 7.18. The summed E-state index contributed by atoms with van der Waals surface area (Å²) in [6.07, 6.45) is 0.909. The standard InChI is InChI=1S/C18H20N2O/c1-15-7-5-10-17(13-19)18(15)21-12-6-11-20-14-16-8-3-2-4-9-16/h2-5,7-10,20H,6,11-12,14H2,1H3. The maximum Gasteiger partial charge on any atom is 0.139 e. The number of aryl methyl sites for hydroxylation is 1. The molecule has 3 heteroatoms. The first-order chi connectivity index (χ1) is 10.3. The summed E-state index contributed by atoms with van der Waals surface area (Å²) in [5.74, 6) is 0.711. The number of hydrogen-bond acceptors (Lipinski definition) is 3. The van der Waals surface area contributed by atoms with Gasteiger partial charge in [-0.1, -0.05) is 42.5 Å². The molecule has 1 N–H and O–H groups in total. The number of para-hydroxylation sites is 1. The second-order valence-corrected chi connectivity index (χ2v) is 4.93. The van der Waals surface area contributed by atoms with Crippen LogP contribution >= 0.6 is 0 Å². The molecule has 0 saturated heterocycles. The van der Waals surface area contributed by atoms with E-state index in [-0.39, 0.29) is 0 Å². The molecule has 108 valence electrons. The van der Waals surface area contributed by atoms with Gasteiger partial charge in [0.1, 0.15) is 11.8 Å². The van der Waals surface area contributed by atoms with Crippen molar-refractivity contribution in [3.8, 4) is 11.8 Å². The van der Waals surface area contributed by atoms with E-state index in [4.69, 9.17) is 10.00 Å². The number of benzene rings is 2. The van der Waals surface area contributed by atoms with Crippen molar-refractivity contribution in [3.05, 3.63) is 65.2 Å². The predicted molar refractivity (Wildman–Crippen MR) is 84.2 cm³/mol. The molecule has 0 unspecified atom stereocenters. The van der Waals surface area contributed by atoms with Gasteiger partial charge >= 0.3 is 0 Å². The first-order valence-electron chi connectivity index (χ1n) is 7.18. The minimum absolute atomic E-state index is 0.604. The Morgan fingerprint density at radius 1 is 1.10 bits per heavy atom. The zero-order chi connectivity index (χ0) is 14.9. The summed E-state index contributed by atoms with van der Waals surface area (Å²) in [6, 6.07) is 18.1. The fourth-order valence-electron chi connectivity index (χ4n) is 2.13. The number of nitrogens with zero attached hydrogens (tertiary/aromatic N) is 1. The van der Waals surface area contributed by atoms with Gasteiger partial charge in [-0.3, -0.25) is 0 Å². The summed E-state index contributed by atoms with van der Waals surface area (Å²) in [5, 5.41) is 12.5. The summed E-state index contributed by atoms with van der Waals surface area (Å²) >= 11 is 0.